The van der Waals surface area contributed by atoms with E-state index >= 15 is 0 Å². The Hall–Kier alpha value is 0.310. The van der Waals surface area contributed by atoms with Gasteiger partial charge in [0.1, 0.15) is 6.61 Å². The van der Waals surface area contributed by atoms with E-state index in [1.807, 2.05) is 0 Å². The van der Waals surface area contributed by atoms with Crippen LogP contribution in [0.25, 0.3) is 0 Å². The van der Waals surface area contributed by atoms with Crippen LogP contribution >= 0.6 is 12.6 Å². The molecule has 1 aliphatic carbocycles. The van der Waals surface area contributed by atoms with Crippen LogP contribution in [0.1, 0.15) is 38.5 Å². The molecule has 1 fully saturated rings. The van der Waals surface area contributed by atoms with Gasteiger partial charge in [0.15, 0.2) is 0 Å². The lowest BCUT2D eigenvalue weighted by Gasteiger charge is -2.28. The highest BCUT2D eigenvalue weighted by atomic mass is 32.1. The number of hydrogen-bond donors (Lipinski definition) is 2. The lowest BCUT2D eigenvalue weighted by molar-refractivity contribution is 0.233. The van der Waals surface area contributed by atoms with Gasteiger partial charge in [-0.2, -0.15) is 12.6 Å². The standard InChI is InChI=1S/C10H18OS/c11-6-4-9-2-1-3-10(8-9)5-7-12/h9-12H,1-5,7-8H2. The van der Waals surface area contributed by atoms with Crippen LogP contribution in [-0.4, -0.2) is 10.9 Å². The largest absolute Gasteiger partial charge is 0.384 e. The van der Waals surface area contributed by atoms with E-state index in [2.05, 4.69) is 19.2 Å². The molecule has 0 aromatic rings. The summed E-state index contributed by atoms with van der Waals surface area (Å²) in [5, 5.41) is 8.57. The van der Waals surface area contributed by atoms with Crippen molar-refractivity contribution in [2.75, 3.05) is 5.75 Å². The van der Waals surface area contributed by atoms with Crippen molar-refractivity contribution >= 4 is 12.6 Å². The lowest BCUT2D eigenvalue weighted by Crippen LogP contribution is -2.16. The molecule has 12 heavy (non-hydrogen) atoms. The Bertz CT molecular complexity index is 100. The first kappa shape index (κ1) is 10.4. The maximum absolute atomic E-state index is 8.57. The Morgan fingerprint density at radius 1 is 1.33 bits per heavy atom. The van der Waals surface area contributed by atoms with E-state index in [0.717, 1.165) is 18.1 Å². The topological polar surface area (TPSA) is 20.2 Å². The summed E-state index contributed by atoms with van der Waals surface area (Å²) in [6.07, 6.45) is 7.24. The molecule has 2 radical (unpaired) electrons. The average molecular weight is 186 g/mol. The van der Waals surface area contributed by atoms with Crippen molar-refractivity contribution in [3.63, 3.8) is 0 Å². The maximum Gasteiger partial charge on any atom is 0.128 e. The summed E-state index contributed by atoms with van der Waals surface area (Å²) in [5.41, 5.74) is 0. The van der Waals surface area contributed by atoms with Crippen LogP contribution in [0.2, 0.25) is 0 Å². The second-order valence-electron chi connectivity index (χ2n) is 3.77. The second-order valence-corrected chi connectivity index (χ2v) is 4.22. The SMILES string of the molecule is O[C]CC1CCCC(CCS)C1. The van der Waals surface area contributed by atoms with Crippen LogP contribution in [0, 0.1) is 18.4 Å². The van der Waals surface area contributed by atoms with Gasteiger partial charge in [-0.15, -0.1) is 0 Å². The molecule has 0 bridgehead atoms. The van der Waals surface area contributed by atoms with Crippen molar-refractivity contribution in [2.45, 2.75) is 38.5 Å². The third-order valence-corrected chi connectivity index (χ3v) is 3.07. The smallest absolute Gasteiger partial charge is 0.128 e. The van der Waals surface area contributed by atoms with Gasteiger partial charge in [-0.05, 0) is 36.9 Å². The zero-order valence-electron chi connectivity index (χ0n) is 7.50. The summed E-state index contributed by atoms with van der Waals surface area (Å²) < 4.78 is 0. The molecule has 0 aromatic carbocycles. The molecule has 2 atom stereocenters. The number of rotatable bonds is 4. The van der Waals surface area contributed by atoms with E-state index in [1.54, 1.807) is 0 Å². The summed E-state index contributed by atoms with van der Waals surface area (Å²) >= 11 is 4.25. The third kappa shape index (κ3) is 3.36. The molecular formula is C10H18OS. The van der Waals surface area contributed by atoms with Crippen LogP contribution in [0.3, 0.4) is 0 Å². The van der Waals surface area contributed by atoms with E-state index in [4.69, 9.17) is 5.11 Å². The van der Waals surface area contributed by atoms with Crippen molar-refractivity contribution in [1.82, 2.24) is 0 Å². The van der Waals surface area contributed by atoms with Gasteiger partial charge in [-0.1, -0.05) is 19.3 Å². The molecule has 1 saturated carbocycles. The number of thiol groups is 1. The van der Waals surface area contributed by atoms with E-state index < -0.39 is 0 Å². The van der Waals surface area contributed by atoms with Gasteiger partial charge in [-0.25, -0.2) is 0 Å². The number of aliphatic hydroxyl groups is 1. The highest BCUT2D eigenvalue weighted by Gasteiger charge is 2.20. The molecule has 1 aliphatic rings. The van der Waals surface area contributed by atoms with Gasteiger partial charge in [0, 0.05) is 0 Å². The first-order valence-electron chi connectivity index (χ1n) is 4.84. The van der Waals surface area contributed by atoms with Crippen LogP contribution in [0.15, 0.2) is 0 Å². The minimum atomic E-state index is 0.689. The van der Waals surface area contributed by atoms with Gasteiger partial charge >= 0.3 is 0 Å². The first-order chi connectivity index (χ1) is 5.86. The van der Waals surface area contributed by atoms with Gasteiger partial charge < -0.3 is 5.11 Å². The monoisotopic (exact) mass is 186 g/mol. The summed E-state index contributed by atoms with van der Waals surface area (Å²) in [6.45, 7) is 2.28. The quantitative estimate of drug-likeness (QED) is 0.647. The molecule has 0 spiro atoms. The molecule has 1 N–H and O–H groups in total. The molecule has 0 saturated heterocycles. The van der Waals surface area contributed by atoms with E-state index in [1.165, 1.54) is 32.1 Å². The summed E-state index contributed by atoms with van der Waals surface area (Å²) in [4.78, 5) is 0. The Morgan fingerprint density at radius 2 is 2.08 bits per heavy atom. The molecule has 0 heterocycles. The molecule has 0 amide bonds. The van der Waals surface area contributed by atoms with Crippen molar-refractivity contribution < 1.29 is 5.11 Å². The Morgan fingerprint density at radius 3 is 2.75 bits per heavy atom. The van der Waals surface area contributed by atoms with Crippen LogP contribution < -0.4 is 0 Å². The molecule has 0 aromatic heterocycles. The molecule has 1 rings (SSSR count). The third-order valence-electron chi connectivity index (χ3n) is 2.81. The second kappa shape index (κ2) is 5.87. The molecule has 70 valence electrons. The van der Waals surface area contributed by atoms with Crippen molar-refractivity contribution in [1.29, 1.82) is 0 Å². The van der Waals surface area contributed by atoms with Crippen molar-refractivity contribution in [3.8, 4) is 0 Å². The van der Waals surface area contributed by atoms with Gasteiger partial charge in [0.25, 0.3) is 0 Å². The number of aliphatic hydroxyl groups excluding tert-OH is 1. The van der Waals surface area contributed by atoms with Crippen molar-refractivity contribution in [2.24, 2.45) is 11.8 Å². The Balaban J connectivity index is 2.20. The fraction of sp³-hybridized carbons (Fsp3) is 0.900. The fourth-order valence-electron chi connectivity index (χ4n) is 2.16. The minimum Gasteiger partial charge on any atom is -0.384 e. The van der Waals surface area contributed by atoms with Gasteiger partial charge in [0.05, 0.1) is 0 Å². The first-order valence-corrected chi connectivity index (χ1v) is 5.48. The molecular weight excluding hydrogens is 168 g/mol. The summed E-state index contributed by atoms with van der Waals surface area (Å²) in [5.74, 6) is 2.55. The average Bonchev–Trinajstić information content (AvgIpc) is 2.06. The molecule has 0 aliphatic heterocycles. The van der Waals surface area contributed by atoms with Gasteiger partial charge in [-0.3, -0.25) is 0 Å². The maximum atomic E-state index is 8.57. The predicted octanol–water partition coefficient (Wildman–Crippen LogP) is 2.91. The fourth-order valence-corrected chi connectivity index (χ4v) is 2.53. The van der Waals surface area contributed by atoms with Gasteiger partial charge in [0.2, 0.25) is 0 Å². The highest BCUT2D eigenvalue weighted by molar-refractivity contribution is 7.80. The molecule has 2 heteroatoms. The summed E-state index contributed by atoms with van der Waals surface area (Å²) in [6, 6.07) is 0. The van der Waals surface area contributed by atoms with Crippen LogP contribution in [0.5, 0.6) is 0 Å². The normalized spacial score (nSPS) is 30.5. The Labute approximate surface area is 81.0 Å². The molecule has 2 unspecified atom stereocenters. The Kier molecular flexibility index (Phi) is 5.08. The zero-order valence-corrected chi connectivity index (χ0v) is 8.39. The summed E-state index contributed by atoms with van der Waals surface area (Å²) in [7, 11) is 0. The molecule has 1 nitrogen and oxygen atoms in total. The van der Waals surface area contributed by atoms with Crippen molar-refractivity contribution in [3.05, 3.63) is 6.61 Å². The minimum absolute atomic E-state index is 0.689. The highest BCUT2D eigenvalue weighted by Crippen LogP contribution is 2.33. The predicted molar refractivity (Wildman–Crippen MR) is 53.7 cm³/mol. The lowest BCUT2D eigenvalue weighted by atomic mass is 9.79. The zero-order chi connectivity index (χ0) is 8.81. The van der Waals surface area contributed by atoms with E-state index in [0.29, 0.717) is 5.92 Å². The van der Waals surface area contributed by atoms with E-state index in [-0.39, 0.29) is 0 Å². The van der Waals surface area contributed by atoms with E-state index in [9.17, 15) is 0 Å². The number of hydrogen-bond acceptors (Lipinski definition) is 2. The van der Waals surface area contributed by atoms with Crippen LogP contribution in [0.4, 0.5) is 0 Å². The van der Waals surface area contributed by atoms with Crippen LogP contribution in [-0.2, 0) is 0 Å².